The minimum atomic E-state index is -0.358. The number of nitrogen functional groups attached to an aromatic ring is 1. The summed E-state index contributed by atoms with van der Waals surface area (Å²) >= 11 is 1.97. The van der Waals surface area contributed by atoms with Gasteiger partial charge in [0.25, 0.3) is 0 Å². The molecule has 18 heavy (non-hydrogen) atoms. The molecule has 98 valence electrons. The van der Waals surface area contributed by atoms with E-state index in [2.05, 4.69) is 5.32 Å². The maximum atomic E-state index is 11.7. The molecule has 0 radical (unpaired) electrons. The van der Waals surface area contributed by atoms with E-state index in [9.17, 15) is 4.79 Å². The Bertz CT molecular complexity index is 431. The number of anilines is 2. The molecular weight excluding hydrogens is 248 g/mol. The molecule has 1 aromatic carbocycles. The van der Waals surface area contributed by atoms with E-state index in [1.54, 1.807) is 18.2 Å². The molecule has 0 aromatic heterocycles. The molecule has 0 saturated carbocycles. The van der Waals surface area contributed by atoms with Crippen molar-refractivity contribution in [1.82, 2.24) is 0 Å². The normalized spacial score (nSPS) is 18.6. The van der Waals surface area contributed by atoms with E-state index < -0.39 is 0 Å². The van der Waals surface area contributed by atoms with Gasteiger partial charge < -0.3 is 15.8 Å². The van der Waals surface area contributed by atoms with Crippen LogP contribution in [-0.4, -0.2) is 30.6 Å². The lowest BCUT2D eigenvalue weighted by atomic mass is 10.1. The fourth-order valence-corrected chi connectivity index (χ4v) is 3.27. The quantitative estimate of drug-likeness (QED) is 0.647. The third-order valence-corrected chi connectivity index (χ3v) is 4.43. The third kappa shape index (κ3) is 2.90. The second-order valence-electron chi connectivity index (χ2n) is 4.28. The van der Waals surface area contributed by atoms with Gasteiger partial charge in [0.1, 0.15) is 0 Å². The molecule has 1 heterocycles. The summed E-state index contributed by atoms with van der Waals surface area (Å²) in [7, 11) is 1.38. The number of nitrogens with one attached hydrogen (secondary N) is 1. The van der Waals surface area contributed by atoms with Crippen molar-refractivity contribution >= 4 is 29.1 Å². The van der Waals surface area contributed by atoms with Gasteiger partial charge in [0.05, 0.1) is 24.0 Å². The Morgan fingerprint density at radius 1 is 1.61 bits per heavy atom. The summed E-state index contributed by atoms with van der Waals surface area (Å²) in [6.07, 6.45) is 2.49. The van der Waals surface area contributed by atoms with Gasteiger partial charge in [0.2, 0.25) is 0 Å². The zero-order chi connectivity index (χ0) is 13.0. The first-order valence-corrected chi connectivity index (χ1v) is 7.09. The summed E-state index contributed by atoms with van der Waals surface area (Å²) < 4.78 is 4.76. The minimum Gasteiger partial charge on any atom is -0.465 e. The van der Waals surface area contributed by atoms with E-state index in [0.717, 1.165) is 6.54 Å². The van der Waals surface area contributed by atoms with Gasteiger partial charge in [0, 0.05) is 11.8 Å². The van der Waals surface area contributed by atoms with Crippen LogP contribution in [0.2, 0.25) is 0 Å². The molecule has 0 bridgehead atoms. The first kappa shape index (κ1) is 13.1. The van der Waals surface area contributed by atoms with Crippen LogP contribution in [-0.2, 0) is 4.74 Å². The van der Waals surface area contributed by atoms with Crippen molar-refractivity contribution in [3.05, 3.63) is 23.8 Å². The van der Waals surface area contributed by atoms with Crippen molar-refractivity contribution in [2.45, 2.75) is 18.1 Å². The highest BCUT2D eigenvalue weighted by molar-refractivity contribution is 8.00. The van der Waals surface area contributed by atoms with Crippen LogP contribution in [0.4, 0.5) is 11.4 Å². The molecule has 1 saturated heterocycles. The summed E-state index contributed by atoms with van der Waals surface area (Å²) in [6, 6.07) is 5.28. The first-order chi connectivity index (χ1) is 8.72. The van der Waals surface area contributed by atoms with Crippen molar-refractivity contribution < 1.29 is 9.53 Å². The summed E-state index contributed by atoms with van der Waals surface area (Å²) in [5.41, 5.74) is 7.70. The van der Waals surface area contributed by atoms with Crippen LogP contribution in [0.25, 0.3) is 0 Å². The van der Waals surface area contributed by atoms with Gasteiger partial charge >= 0.3 is 5.97 Å². The molecular formula is C13H18N2O2S. The van der Waals surface area contributed by atoms with Gasteiger partial charge in [-0.25, -0.2) is 4.79 Å². The van der Waals surface area contributed by atoms with Crippen LogP contribution in [0.1, 0.15) is 23.2 Å². The highest BCUT2D eigenvalue weighted by Gasteiger charge is 2.18. The molecule has 0 aliphatic carbocycles. The Morgan fingerprint density at radius 3 is 3.11 bits per heavy atom. The van der Waals surface area contributed by atoms with E-state index in [4.69, 9.17) is 10.5 Å². The zero-order valence-corrected chi connectivity index (χ0v) is 11.3. The number of carbonyl (C=O) groups excluding carboxylic acids is 1. The molecule has 1 aliphatic rings. The second kappa shape index (κ2) is 6.00. The lowest BCUT2D eigenvalue weighted by Gasteiger charge is -2.15. The number of hydrogen-bond donors (Lipinski definition) is 2. The summed E-state index contributed by atoms with van der Waals surface area (Å²) in [5, 5.41) is 3.90. The fourth-order valence-electron chi connectivity index (χ4n) is 2.07. The Kier molecular flexibility index (Phi) is 4.36. The molecule has 0 spiro atoms. The highest BCUT2D eigenvalue weighted by atomic mass is 32.2. The number of nitrogens with two attached hydrogens (primary N) is 1. The Hall–Kier alpha value is -1.36. The number of ether oxygens (including phenoxy) is 1. The SMILES string of the molecule is COC(=O)c1cccc(N)c1NCC1CCCS1. The van der Waals surface area contributed by atoms with Gasteiger partial charge in [-0.1, -0.05) is 6.07 Å². The van der Waals surface area contributed by atoms with Gasteiger partial charge in [-0.3, -0.25) is 0 Å². The number of benzene rings is 1. The number of esters is 1. The average Bonchev–Trinajstić information content (AvgIpc) is 2.89. The fraction of sp³-hybridized carbons (Fsp3) is 0.462. The van der Waals surface area contributed by atoms with E-state index in [1.807, 2.05) is 11.8 Å². The molecule has 0 amide bonds. The van der Waals surface area contributed by atoms with Crippen LogP contribution in [0.3, 0.4) is 0 Å². The largest absolute Gasteiger partial charge is 0.465 e. The molecule has 2 rings (SSSR count). The van der Waals surface area contributed by atoms with Crippen molar-refractivity contribution in [3.63, 3.8) is 0 Å². The van der Waals surface area contributed by atoms with Crippen LogP contribution in [0, 0.1) is 0 Å². The Labute approximate surface area is 111 Å². The predicted octanol–water partition coefficient (Wildman–Crippen LogP) is 2.36. The summed E-state index contributed by atoms with van der Waals surface area (Å²) in [5.74, 6) is 0.865. The number of hydrogen-bond acceptors (Lipinski definition) is 5. The maximum Gasteiger partial charge on any atom is 0.340 e. The number of para-hydroxylation sites is 1. The van der Waals surface area contributed by atoms with Gasteiger partial charge in [-0.2, -0.15) is 11.8 Å². The van der Waals surface area contributed by atoms with E-state index >= 15 is 0 Å². The molecule has 1 atom stereocenters. The molecule has 1 unspecified atom stereocenters. The Balaban J connectivity index is 2.11. The van der Waals surface area contributed by atoms with Crippen LogP contribution >= 0.6 is 11.8 Å². The topological polar surface area (TPSA) is 64.3 Å². The van der Waals surface area contributed by atoms with Crippen molar-refractivity contribution in [1.29, 1.82) is 0 Å². The van der Waals surface area contributed by atoms with E-state index in [-0.39, 0.29) is 5.97 Å². The van der Waals surface area contributed by atoms with Crippen LogP contribution in [0.15, 0.2) is 18.2 Å². The maximum absolute atomic E-state index is 11.7. The predicted molar refractivity (Wildman–Crippen MR) is 76.2 cm³/mol. The van der Waals surface area contributed by atoms with E-state index in [1.165, 1.54) is 25.7 Å². The molecule has 3 N–H and O–H groups in total. The number of rotatable bonds is 4. The summed E-state index contributed by atoms with van der Waals surface area (Å²) in [6.45, 7) is 0.836. The molecule has 1 aliphatic heterocycles. The van der Waals surface area contributed by atoms with E-state index in [0.29, 0.717) is 22.2 Å². The van der Waals surface area contributed by atoms with Crippen molar-refractivity contribution in [3.8, 4) is 0 Å². The lowest BCUT2D eigenvalue weighted by Crippen LogP contribution is -2.17. The third-order valence-electron chi connectivity index (χ3n) is 3.03. The molecule has 5 heteroatoms. The van der Waals surface area contributed by atoms with Crippen molar-refractivity contribution in [2.75, 3.05) is 30.5 Å². The monoisotopic (exact) mass is 266 g/mol. The number of methoxy groups -OCH3 is 1. The van der Waals surface area contributed by atoms with Gasteiger partial charge in [0.15, 0.2) is 0 Å². The van der Waals surface area contributed by atoms with Gasteiger partial charge in [-0.15, -0.1) is 0 Å². The minimum absolute atomic E-state index is 0.358. The van der Waals surface area contributed by atoms with Crippen molar-refractivity contribution in [2.24, 2.45) is 0 Å². The number of carbonyl (C=O) groups is 1. The van der Waals surface area contributed by atoms with Crippen LogP contribution < -0.4 is 11.1 Å². The molecule has 4 nitrogen and oxygen atoms in total. The number of thioether (sulfide) groups is 1. The Morgan fingerprint density at radius 2 is 2.44 bits per heavy atom. The van der Waals surface area contributed by atoms with Crippen LogP contribution in [0.5, 0.6) is 0 Å². The highest BCUT2D eigenvalue weighted by Crippen LogP contribution is 2.29. The smallest absolute Gasteiger partial charge is 0.340 e. The molecule has 1 fully saturated rings. The standard InChI is InChI=1S/C13H18N2O2S/c1-17-13(16)10-5-2-6-11(14)12(10)15-8-9-4-3-7-18-9/h2,5-6,9,15H,3-4,7-8,14H2,1H3. The molecule has 1 aromatic rings. The first-order valence-electron chi connectivity index (χ1n) is 6.04. The average molecular weight is 266 g/mol. The summed E-state index contributed by atoms with van der Waals surface area (Å²) in [4.78, 5) is 11.7. The lowest BCUT2D eigenvalue weighted by molar-refractivity contribution is 0.0602. The van der Waals surface area contributed by atoms with Gasteiger partial charge in [-0.05, 0) is 30.7 Å². The second-order valence-corrected chi connectivity index (χ2v) is 5.69. The zero-order valence-electron chi connectivity index (χ0n) is 10.4.